The van der Waals surface area contributed by atoms with Crippen LogP contribution in [0.1, 0.15) is 50.7 Å². The number of nitrogens with one attached hydrogen (secondary N) is 1. The zero-order chi connectivity index (χ0) is 13.7. The first-order chi connectivity index (χ1) is 9.19. The minimum Gasteiger partial charge on any atom is -0.311 e. The molecule has 0 radical (unpaired) electrons. The Morgan fingerprint density at radius 3 is 2.89 bits per heavy atom. The van der Waals surface area contributed by atoms with Crippen LogP contribution in [-0.4, -0.2) is 29.0 Å². The maximum Gasteiger partial charge on any atom is 0.107 e. The minimum atomic E-state index is 0.793. The molecule has 1 aromatic rings. The van der Waals surface area contributed by atoms with Crippen molar-refractivity contribution in [2.24, 2.45) is 5.92 Å². The van der Waals surface area contributed by atoms with E-state index in [9.17, 15) is 0 Å². The van der Waals surface area contributed by atoms with E-state index in [0.29, 0.717) is 0 Å². The number of thiazole rings is 1. The lowest BCUT2D eigenvalue weighted by atomic mass is 10.1. The Labute approximate surface area is 121 Å². The van der Waals surface area contributed by atoms with Gasteiger partial charge in [0, 0.05) is 24.5 Å². The molecule has 1 saturated carbocycles. The lowest BCUT2D eigenvalue weighted by molar-refractivity contribution is 0.237. The van der Waals surface area contributed by atoms with E-state index < -0.39 is 0 Å². The summed E-state index contributed by atoms with van der Waals surface area (Å²) in [6.45, 7) is 10.9. The Balaban J connectivity index is 1.84. The molecule has 0 unspecified atom stereocenters. The molecule has 0 bridgehead atoms. The van der Waals surface area contributed by atoms with Gasteiger partial charge in [-0.3, -0.25) is 4.90 Å². The zero-order valence-electron chi connectivity index (χ0n) is 12.5. The summed E-state index contributed by atoms with van der Waals surface area (Å²) in [6, 6.07) is 0.831. The van der Waals surface area contributed by atoms with E-state index in [1.165, 1.54) is 36.5 Å². The lowest BCUT2D eigenvalue weighted by Gasteiger charge is -2.21. The highest BCUT2D eigenvalue weighted by Crippen LogP contribution is 2.29. The summed E-state index contributed by atoms with van der Waals surface area (Å²) in [5.41, 5.74) is 1.26. The van der Waals surface area contributed by atoms with Gasteiger partial charge in [-0.2, -0.15) is 0 Å². The summed E-state index contributed by atoms with van der Waals surface area (Å²) in [7, 11) is 0. The molecule has 1 heterocycles. The molecular weight excluding hydrogens is 254 g/mol. The van der Waals surface area contributed by atoms with Crippen molar-refractivity contribution >= 4 is 11.3 Å². The lowest BCUT2D eigenvalue weighted by Crippen LogP contribution is -2.27. The Hall–Kier alpha value is -0.450. The number of hydrogen-bond donors (Lipinski definition) is 1. The summed E-state index contributed by atoms with van der Waals surface area (Å²) in [5.74, 6) is 0.793. The highest BCUT2D eigenvalue weighted by atomic mass is 32.1. The average Bonchev–Trinajstić information content (AvgIpc) is 3.13. The Kier molecular flexibility index (Phi) is 5.79. The van der Waals surface area contributed by atoms with Gasteiger partial charge < -0.3 is 5.32 Å². The zero-order valence-corrected chi connectivity index (χ0v) is 13.3. The standard InChI is InChI=1S/C15H27N3S/c1-4-16-9-15-17-13(11-19-15)10-18(14-5-6-14)8-7-12(2)3/h11-12,14,16H,4-10H2,1-3H3. The molecule has 0 saturated heterocycles. The molecule has 1 aromatic heterocycles. The van der Waals surface area contributed by atoms with E-state index in [4.69, 9.17) is 4.98 Å². The van der Waals surface area contributed by atoms with Gasteiger partial charge in [0.2, 0.25) is 0 Å². The monoisotopic (exact) mass is 281 g/mol. The number of aromatic nitrogens is 1. The van der Waals surface area contributed by atoms with Crippen molar-refractivity contribution in [3.63, 3.8) is 0 Å². The first kappa shape index (κ1) is 14.9. The van der Waals surface area contributed by atoms with E-state index in [2.05, 4.69) is 36.4 Å². The third-order valence-electron chi connectivity index (χ3n) is 3.55. The van der Waals surface area contributed by atoms with E-state index >= 15 is 0 Å². The smallest absolute Gasteiger partial charge is 0.107 e. The Morgan fingerprint density at radius 1 is 1.47 bits per heavy atom. The van der Waals surface area contributed by atoms with Gasteiger partial charge in [0.1, 0.15) is 5.01 Å². The fourth-order valence-electron chi connectivity index (χ4n) is 2.20. The van der Waals surface area contributed by atoms with Gasteiger partial charge in [-0.05, 0) is 38.3 Å². The van der Waals surface area contributed by atoms with Crippen LogP contribution in [0.2, 0.25) is 0 Å². The molecule has 108 valence electrons. The van der Waals surface area contributed by atoms with Gasteiger partial charge in [-0.25, -0.2) is 4.98 Å². The van der Waals surface area contributed by atoms with Crippen molar-refractivity contribution < 1.29 is 0 Å². The maximum absolute atomic E-state index is 4.74. The molecule has 19 heavy (non-hydrogen) atoms. The Bertz CT molecular complexity index is 371. The quantitative estimate of drug-likeness (QED) is 0.753. The second-order valence-electron chi connectivity index (χ2n) is 5.90. The first-order valence-corrected chi connectivity index (χ1v) is 8.45. The minimum absolute atomic E-state index is 0.793. The molecule has 0 amide bonds. The van der Waals surface area contributed by atoms with Gasteiger partial charge in [0.15, 0.2) is 0 Å². The molecule has 0 aliphatic heterocycles. The molecule has 1 aliphatic carbocycles. The molecule has 1 aliphatic rings. The third kappa shape index (κ3) is 5.21. The molecule has 3 nitrogen and oxygen atoms in total. The van der Waals surface area contributed by atoms with E-state index in [0.717, 1.165) is 31.6 Å². The van der Waals surface area contributed by atoms with Gasteiger partial charge >= 0.3 is 0 Å². The van der Waals surface area contributed by atoms with E-state index in [1.54, 1.807) is 11.3 Å². The van der Waals surface area contributed by atoms with Gasteiger partial charge in [0.25, 0.3) is 0 Å². The highest BCUT2D eigenvalue weighted by molar-refractivity contribution is 7.09. The van der Waals surface area contributed by atoms with Gasteiger partial charge in [-0.15, -0.1) is 11.3 Å². The maximum atomic E-state index is 4.74. The molecule has 0 atom stereocenters. The van der Waals surface area contributed by atoms with E-state index in [-0.39, 0.29) is 0 Å². The van der Waals surface area contributed by atoms with Crippen LogP contribution in [0.15, 0.2) is 5.38 Å². The SMILES string of the molecule is CCNCc1nc(CN(CCC(C)C)C2CC2)cs1. The predicted octanol–water partition coefficient (Wildman–Crippen LogP) is 3.26. The second-order valence-corrected chi connectivity index (χ2v) is 6.84. The largest absolute Gasteiger partial charge is 0.311 e. The summed E-state index contributed by atoms with van der Waals surface area (Å²) >= 11 is 1.79. The number of nitrogens with zero attached hydrogens (tertiary/aromatic N) is 2. The molecular formula is C15H27N3S. The molecule has 2 rings (SSSR count). The number of rotatable bonds is 9. The highest BCUT2D eigenvalue weighted by Gasteiger charge is 2.29. The average molecular weight is 281 g/mol. The van der Waals surface area contributed by atoms with Crippen molar-refractivity contribution in [3.8, 4) is 0 Å². The second kappa shape index (κ2) is 7.36. The molecule has 1 fully saturated rings. The molecule has 4 heteroatoms. The molecule has 0 spiro atoms. The van der Waals surface area contributed by atoms with Crippen LogP contribution < -0.4 is 5.32 Å². The van der Waals surface area contributed by atoms with Crippen LogP contribution in [0, 0.1) is 5.92 Å². The van der Waals surface area contributed by atoms with Gasteiger partial charge in [0.05, 0.1) is 5.69 Å². The summed E-state index contributed by atoms with van der Waals surface area (Å²) < 4.78 is 0. The molecule has 1 N–H and O–H groups in total. The Morgan fingerprint density at radius 2 is 2.26 bits per heavy atom. The topological polar surface area (TPSA) is 28.2 Å². The van der Waals surface area contributed by atoms with E-state index in [1.807, 2.05) is 0 Å². The van der Waals surface area contributed by atoms with Crippen molar-refractivity contribution in [1.82, 2.24) is 15.2 Å². The van der Waals surface area contributed by atoms with Crippen LogP contribution in [0.25, 0.3) is 0 Å². The summed E-state index contributed by atoms with van der Waals surface area (Å²) in [5, 5.41) is 6.79. The number of hydrogen-bond acceptors (Lipinski definition) is 4. The van der Waals surface area contributed by atoms with Gasteiger partial charge in [-0.1, -0.05) is 20.8 Å². The summed E-state index contributed by atoms with van der Waals surface area (Å²) in [6.07, 6.45) is 4.06. The normalized spacial score (nSPS) is 15.6. The van der Waals surface area contributed by atoms with Crippen molar-refractivity contribution in [3.05, 3.63) is 16.1 Å². The summed E-state index contributed by atoms with van der Waals surface area (Å²) in [4.78, 5) is 7.37. The van der Waals surface area contributed by atoms with Crippen molar-refractivity contribution in [2.75, 3.05) is 13.1 Å². The van der Waals surface area contributed by atoms with Crippen molar-refractivity contribution in [1.29, 1.82) is 0 Å². The third-order valence-corrected chi connectivity index (χ3v) is 4.45. The molecule has 0 aromatic carbocycles. The van der Waals surface area contributed by atoms with Crippen LogP contribution in [-0.2, 0) is 13.1 Å². The van der Waals surface area contributed by atoms with Crippen LogP contribution in [0.5, 0.6) is 0 Å². The fourth-order valence-corrected chi connectivity index (χ4v) is 2.95. The van der Waals surface area contributed by atoms with Crippen LogP contribution >= 0.6 is 11.3 Å². The van der Waals surface area contributed by atoms with Crippen LogP contribution in [0.4, 0.5) is 0 Å². The first-order valence-electron chi connectivity index (χ1n) is 7.57. The fraction of sp³-hybridized carbons (Fsp3) is 0.800. The predicted molar refractivity (Wildman–Crippen MR) is 82.4 cm³/mol. The van der Waals surface area contributed by atoms with Crippen molar-refractivity contribution in [2.45, 2.75) is 59.2 Å². The van der Waals surface area contributed by atoms with Crippen LogP contribution in [0.3, 0.4) is 0 Å².